The van der Waals surface area contributed by atoms with Crippen molar-refractivity contribution < 1.29 is 4.57 Å². The van der Waals surface area contributed by atoms with Crippen LogP contribution in [0.15, 0.2) is 30.3 Å². The fraction of sp³-hybridized carbons (Fsp3) is 0.312. The van der Waals surface area contributed by atoms with Crippen LogP contribution in [0.4, 0.5) is 0 Å². The van der Waals surface area contributed by atoms with Crippen LogP contribution in [0.3, 0.4) is 0 Å². The molecule has 2 rings (SSSR count). The molecule has 0 fully saturated rings. The average molecular weight is 226 g/mol. The Morgan fingerprint density at radius 3 is 2.24 bits per heavy atom. The number of aromatic nitrogens is 1. The number of rotatable bonds is 1. The molecule has 17 heavy (non-hydrogen) atoms. The molecule has 1 aromatic carbocycles. The zero-order valence-corrected chi connectivity index (χ0v) is 11.3. The van der Waals surface area contributed by atoms with Crippen LogP contribution in [-0.4, -0.2) is 0 Å². The molecule has 1 heterocycles. The maximum absolute atomic E-state index is 2.25. The summed E-state index contributed by atoms with van der Waals surface area (Å²) in [5.74, 6) is 0. The highest BCUT2D eigenvalue weighted by atomic mass is 14.9. The monoisotopic (exact) mass is 226 g/mol. The number of aryl methyl sites for hydroxylation is 2. The van der Waals surface area contributed by atoms with E-state index in [2.05, 4.69) is 69.6 Å². The Morgan fingerprint density at radius 2 is 1.53 bits per heavy atom. The highest BCUT2D eigenvalue weighted by Crippen LogP contribution is 2.25. The van der Waals surface area contributed by atoms with Crippen molar-refractivity contribution >= 4 is 0 Å². The first-order chi connectivity index (χ1) is 8.02. The Bertz CT molecular complexity index is 568. The van der Waals surface area contributed by atoms with Gasteiger partial charge in [-0.05, 0) is 49.6 Å². The first-order valence-corrected chi connectivity index (χ1v) is 6.05. The first kappa shape index (κ1) is 11.8. The minimum absolute atomic E-state index is 1.28. The van der Waals surface area contributed by atoms with Crippen LogP contribution in [0.1, 0.15) is 22.4 Å². The topological polar surface area (TPSA) is 3.88 Å². The van der Waals surface area contributed by atoms with Crippen LogP contribution in [-0.2, 0) is 7.05 Å². The predicted octanol–water partition coefficient (Wildman–Crippen LogP) is 3.41. The molecular formula is C16H20N+. The van der Waals surface area contributed by atoms with E-state index in [4.69, 9.17) is 0 Å². The fourth-order valence-corrected chi connectivity index (χ4v) is 2.20. The van der Waals surface area contributed by atoms with E-state index in [-0.39, 0.29) is 0 Å². The SMILES string of the molecule is Cc1ccc(-c2cccc(C)[n+]2C)c(C)c1C. The molecule has 88 valence electrons. The van der Waals surface area contributed by atoms with Crippen LogP contribution in [0, 0.1) is 27.7 Å². The zero-order chi connectivity index (χ0) is 12.6. The van der Waals surface area contributed by atoms with Gasteiger partial charge in [-0.15, -0.1) is 0 Å². The van der Waals surface area contributed by atoms with E-state index < -0.39 is 0 Å². The Balaban J connectivity index is 2.69. The molecule has 2 aromatic rings. The molecule has 0 aliphatic carbocycles. The van der Waals surface area contributed by atoms with Crippen molar-refractivity contribution in [2.24, 2.45) is 7.05 Å². The van der Waals surface area contributed by atoms with Gasteiger partial charge in [0.05, 0.1) is 0 Å². The summed E-state index contributed by atoms with van der Waals surface area (Å²) >= 11 is 0. The van der Waals surface area contributed by atoms with Crippen LogP contribution in [0.25, 0.3) is 11.3 Å². The van der Waals surface area contributed by atoms with Gasteiger partial charge < -0.3 is 0 Å². The molecule has 1 nitrogen and oxygen atoms in total. The highest BCUT2D eigenvalue weighted by molar-refractivity contribution is 5.63. The largest absolute Gasteiger partial charge is 0.212 e. The third kappa shape index (κ3) is 1.97. The van der Waals surface area contributed by atoms with Gasteiger partial charge in [-0.2, -0.15) is 4.57 Å². The fourth-order valence-electron chi connectivity index (χ4n) is 2.20. The van der Waals surface area contributed by atoms with Crippen molar-refractivity contribution in [2.45, 2.75) is 27.7 Å². The number of benzene rings is 1. The molecular weight excluding hydrogens is 206 g/mol. The normalized spacial score (nSPS) is 10.6. The van der Waals surface area contributed by atoms with Crippen LogP contribution in [0.5, 0.6) is 0 Å². The summed E-state index contributed by atoms with van der Waals surface area (Å²) in [6, 6.07) is 10.9. The number of hydrogen-bond donors (Lipinski definition) is 0. The molecule has 0 bridgehead atoms. The molecule has 1 heteroatoms. The number of hydrogen-bond acceptors (Lipinski definition) is 0. The van der Waals surface area contributed by atoms with Crippen molar-refractivity contribution in [3.05, 3.63) is 52.7 Å². The van der Waals surface area contributed by atoms with E-state index in [0.717, 1.165) is 0 Å². The lowest BCUT2D eigenvalue weighted by Crippen LogP contribution is -2.34. The molecule has 0 aliphatic rings. The molecule has 0 saturated carbocycles. The smallest absolute Gasteiger partial charge is 0.199 e. The summed E-state index contributed by atoms with van der Waals surface area (Å²) in [5.41, 5.74) is 8.03. The molecule has 0 spiro atoms. The van der Waals surface area contributed by atoms with Crippen molar-refractivity contribution in [3.63, 3.8) is 0 Å². The van der Waals surface area contributed by atoms with E-state index in [1.165, 1.54) is 33.6 Å². The summed E-state index contributed by atoms with van der Waals surface area (Å²) in [6.45, 7) is 8.71. The lowest BCUT2D eigenvalue weighted by atomic mass is 9.96. The molecule has 0 N–H and O–H groups in total. The van der Waals surface area contributed by atoms with Gasteiger partial charge in [-0.3, -0.25) is 0 Å². The van der Waals surface area contributed by atoms with E-state index in [9.17, 15) is 0 Å². The molecule has 0 amide bonds. The van der Waals surface area contributed by atoms with Crippen molar-refractivity contribution in [3.8, 4) is 11.3 Å². The minimum atomic E-state index is 1.28. The van der Waals surface area contributed by atoms with Crippen LogP contribution in [0.2, 0.25) is 0 Å². The standard InChI is InChI=1S/C16H20N/c1-11-9-10-15(14(4)13(11)3)16-8-6-7-12(2)17(16)5/h6-10H,1-5H3/q+1. The third-order valence-electron chi connectivity index (χ3n) is 3.82. The second-order valence-corrected chi connectivity index (χ2v) is 4.79. The van der Waals surface area contributed by atoms with E-state index >= 15 is 0 Å². The van der Waals surface area contributed by atoms with Crippen molar-refractivity contribution in [1.29, 1.82) is 0 Å². The Hall–Kier alpha value is -1.63. The summed E-state index contributed by atoms with van der Waals surface area (Å²) in [5, 5.41) is 0. The zero-order valence-electron chi connectivity index (χ0n) is 11.3. The van der Waals surface area contributed by atoms with Gasteiger partial charge in [0.1, 0.15) is 7.05 Å². The number of nitrogens with zero attached hydrogens (tertiary/aromatic N) is 1. The quantitative estimate of drug-likeness (QED) is 0.656. The summed E-state index contributed by atoms with van der Waals surface area (Å²) < 4.78 is 2.25. The minimum Gasteiger partial charge on any atom is -0.199 e. The van der Waals surface area contributed by atoms with Gasteiger partial charge >= 0.3 is 0 Å². The molecule has 0 unspecified atom stereocenters. The van der Waals surface area contributed by atoms with Gasteiger partial charge in [-0.25, -0.2) is 0 Å². The summed E-state index contributed by atoms with van der Waals surface area (Å²) in [6.07, 6.45) is 0. The van der Waals surface area contributed by atoms with Crippen LogP contribution < -0.4 is 4.57 Å². The molecule has 0 radical (unpaired) electrons. The first-order valence-electron chi connectivity index (χ1n) is 6.05. The lowest BCUT2D eigenvalue weighted by molar-refractivity contribution is -0.666. The van der Waals surface area contributed by atoms with Gasteiger partial charge in [0.25, 0.3) is 0 Å². The average Bonchev–Trinajstić information content (AvgIpc) is 2.31. The van der Waals surface area contributed by atoms with Crippen LogP contribution >= 0.6 is 0 Å². The second-order valence-electron chi connectivity index (χ2n) is 4.79. The maximum Gasteiger partial charge on any atom is 0.212 e. The van der Waals surface area contributed by atoms with E-state index in [1.807, 2.05) is 0 Å². The Labute approximate surface area is 104 Å². The predicted molar refractivity (Wildman–Crippen MR) is 72.0 cm³/mol. The van der Waals surface area contributed by atoms with Crippen molar-refractivity contribution in [1.82, 2.24) is 0 Å². The summed E-state index contributed by atoms with van der Waals surface area (Å²) in [4.78, 5) is 0. The molecule has 1 aromatic heterocycles. The molecule has 0 saturated heterocycles. The lowest BCUT2D eigenvalue weighted by Gasteiger charge is -2.10. The highest BCUT2D eigenvalue weighted by Gasteiger charge is 2.15. The van der Waals surface area contributed by atoms with E-state index in [1.54, 1.807) is 0 Å². The number of pyridine rings is 1. The summed E-state index contributed by atoms with van der Waals surface area (Å²) in [7, 11) is 2.12. The van der Waals surface area contributed by atoms with Gasteiger partial charge in [0.2, 0.25) is 5.69 Å². The van der Waals surface area contributed by atoms with Gasteiger partial charge in [0, 0.05) is 24.6 Å². The van der Waals surface area contributed by atoms with Crippen molar-refractivity contribution in [2.75, 3.05) is 0 Å². The molecule has 0 aliphatic heterocycles. The maximum atomic E-state index is 2.25. The van der Waals surface area contributed by atoms with E-state index in [0.29, 0.717) is 0 Å². The Morgan fingerprint density at radius 1 is 0.824 bits per heavy atom. The molecule has 0 atom stereocenters. The van der Waals surface area contributed by atoms with Gasteiger partial charge in [-0.1, -0.05) is 6.07 Å². The second kappa shape index (κ2) is 4.33. The van der Waals surface area contributed by atoms with Gasteiger partial charge in [0.15, 0.2) is 5.69 Å². The Kier molecular flexibility index (Phi) is 3.01. The third-order valence-corrected chi connectivity index (χ3v) is 3.82.